The molecule has 0 saturated heterocycles. The zero-order valence-electron chi connectivity index (χ0n) is 8.71. The Balaban J connectivity index is 2.08. The van der Waals surface area contributed by atoms with E-state index in [2.05, 4.69) is 0 Å². The minimum Gasteiger partial charge on any atom is -0.299 e. The summed E-state index contributed by atoms with van der Waals surface area (Å²) < 4.78 is 0. The molecule has 1 unspecified atom stereocenters. The number of rotatable bonds is 2. The molecule has 0 amide bonds. The van der Waals surface area contributed by atoms with Crippen LogP contribution in [0, 0.1) is 5.92 Å². The fourth-order valence-corrected chi connectivity index (χ4v) is 2.41. The van der Waals surface area contributed by atoms with Crippen molar-refractivity contribution >= 4 is 17.4 Å². The summed E-state index contributed by atoms with van der Waals surface area (Å²) in [6, 6.07) is 7.82. The molecule has 80 valence electrons. The molecule has 1 aliphatic rings. The summed E-state index contributed by atoms with van der Waals surface area (Å²) in [5.41, 5.74) is 1.11. The number of hydrogen-bond donors (Lipinski definition) is 0. The lowest BCUT2D eigenvalue weighted by Crippen LogP contribution is -2.21. The highest BCUT2D eigenvalue weighted by Crippen LogP contribution is 2.26. The minimum atomic E-state index is 0.207. The fourth-order valence-electron chi connectivity index (χ4n) is 2.20. The van der Waals surface area contributed by atoms with E-state index in [4.69, 9.17) is 11.6 Å². The van der Waals surface area contributed by atoms with Gasteiger partial charge in [-0.05, 0) is 30.9 Å². The van der Waals surface area contributed by atoms with Crippen LogP contribution >= 0.6 is 11.6 Å². The molecule has 2 heteroatoms. The zero-order chi connectivity index (χ0) is 10.7. The third kappa shape index (κ3) is 2.60. The molecule has 0 aromatic heterocycles. The summed E-state index contributed by atoms with van der Waals surface area (Å²) in [5.74, 6) is 0.625. The van der Waals surface area contributed by atoms with Crippen LogP contribution in [-0.2, 0) is 11.2 Å². The zero-order valence-corrected chi connectivity index (χ0v) is 9.46. The Labute approximate surface area is 95.4 Å². The van der Waals surface area contributed by atoms with Crippen molar-refractivity contribution in [3.05, 3.63) is 34.9 Å². The Morgan fingerprint density at radius 1 is 1.27 bits per heavy atom. The molecule has 1 aromatic carbocycles. The molecule has 1 atom stereocenters. The first-order valence-electron chi connectivity index (χ1n) is 5.53. The van der Waals surface area contributed by atoms with E-state index < -0.39 is 0 Å². The van der Waals surface area contributed by atoms with Gasteiger partial charge in [-0.15, -0.1) is 0 Å². The van der Waals surface area contributed by atoms with Gasteiger partial charge in [0.15, 0.2) is 0 Å². The standard InChI is InChI=1S/C13H15ClO/c14-12-7-3-1-5-10(12)9-11-6-2-4-8-13(11)15/h1,3,5,7,11H,2,4,6,8-9H2. The maximum absolute atomic E-state index is 11.7. The topological polar surface area (TPSA) is 17.1 Å². The largest absolute Gasteiger partial charge is 0.299 e. The smallest absolute Gasteiger partial charge is 0.136 e. The third-order valence-corrected chi connectivity index (χ3v) is 3.47. The van der Waals surface area contributed by atoms with Crippen LogP contribution < -0.4 is 0 Å². The lowest BCUT2D eigenvalue weighted by Gasteiger charge is -2.20. The normalized spacial score (nSPS) is 21.7. The van der Waals surface area contributed by atoms with Gasteiger partial charge in [0.25, 0.3) is 0 Å². The summed E-state index contributed by atoms with van der Waals surface area (Å²) in [5, 5.41) is 0.788. The molecule has 1 aliphatic carbocycles. The summed E-state index contributed by atoms with van der Waals surface area (Å²) in [7, 11) is 0. The lowest BCUT2D eigenvalue weighted by molar-refractivity contribution is -0.124. The average molecular weight is 223 g/mol. The highest BCUT2D eigenvalue weighted by molar-refractivity contribution is 6.31. The number of hydrogen-bond acceptors (Lipinski definition) is 1. The lowest BCUT2D eigenvalue weighted by atomic mass is 9.84. The Morgan fingerprint density at radius 2 is 2.07 bits per heavy atom. The SMILES string of the molecule is O=C1CCCCC1Cc1ccccc1Cl. The van der Waals surface area contributed by atoms with Gasteiger partial charge in [-0.25, -0.2) is 0 Å². The van der Waals surface area contributed by atoms with Gasteiger partial charge in [0.05, 0.1) is 0 Å². The molecule has 0 radical (unpaired) electrons. The van der Waals surface area contributed by atoms with Crippen molar-refractivity contribution in [1.29, 1.82) is 0 Å². The van der Waals surface area contributed by atoms with Crippen LogP contribution in [0.1, 0.15) is 31.2 Å². The van der Waals surface area contributed by atoms with Crippen molar-refractivity contribution in [2.24, 2.45) is 5.92 Å². The summed E-state index contributed by atoms with van der Waals surface area (Å²) in [6.45, 7) is 0. The summed E-state index contributed by atoms with van der Waals surface area (Å²) in [6.07, 6.45) is 4.86. The first kappa shape index (κ1) is 10.7. The van der Waals surface area contributed by atoms with E-state index >= 15 is 0 Å². The van der Waals surface area contributed by atoms with Crippen LogP contribution in [0.25, 0.3) is 0 Å². The Bertz CT molecular complexity index is 359. The van der Waals surface area contributed by atoms with Crippen molar-refractivity contribution in [1.82, 2.24) is 0 Å². The van der Waals surface area contributed by atoms with Crippen LogP contribution in [-0.4, -0.2) is 5.78 Å². The van der Waals surface area contributed by atoms with Crippen molar-refractivity contribution in [3.8, 4) is 0 Å². The van der Waals surface area contributed by atoms with E-state index in [0.29, 0.717) is 5.78 Å². The highest BCUT2D eigenvalue weighted by atomic mass is 35.5. The third-order valence-electron chi connectivity index (χ3n) is 3.11. The van der Waals surface area contributed by atoms with Gasteiger partial charge in [-0.1, -0.05) is 36.2 Å². The van der Waals surface area contributed by atoms with Gasteiger partial charge in [0.1, 0.15) is 5.78 Å². The van der Waals surface area contributed by atoms with Crippen LogP contribution in [0.3, 0.4) is 0 Å². The molecule has 1 nitrogen and oxygen atoms in total. The van der Waals surface area contributed by atoms with Crippen molar-refractivity contribution < 1.29 is 4.79 Å². The minimum absolute atomic E-state index is 0.207. The Hall–Kier alpha value is -0.820. The number of Topliss-reactive ketones (excluding diaryl/α,β-unsaturated/α-hetero) is 1. The van der Waals surface area contributed by atoms with Gasteiger partial charge in [-0.2, -0.15) is 0 Å². The first-order chi connectivity index (χ1) is 7.27. The second-order valence-corrected chi connectivity index (χ2v) is 4.61. The van der Waals surface area contributed by atoms with E-state index in [1.807, 2.05) is 24.3 Å². The van der Waals surface area contributed by atoms with E-state index in [1.165, 1.54) is 6.42 Å². The molecule has 0 bridgehead atoms. The molecule has 1 aromatic rings. The molecule has 1 saturated carbocycles. The molecule has 2 rings (SSSR count). The molecular formula is C13H15ClO. The van der Waals surface area contributed by atoms with Crippen molar-refractivity contribution in [2.45, 2.75) is 32.1 Å². The van der Waals surface area contributed by atoms with Gasteiger partial charge in [0.2, 0.25) is 0 Å². The summed E-state index contributed by atoms with van der Waals surface area (Å²) >= 11 is 6.08. The highest BCUT2D eigenvalue weighted by Gasteiger charge is 2.22. The second-order valence-electron chi connectivity index (χ2n) is 4.20. The molecule has 15 heavy (non-hydrogen) atoms. The summed E-state index contributed by atoms with van der Waals surface area (Å²) in [4.78, 5) is 11.7. The van der Waals surface area contributed by atoms with Gasteiger partial charge < -0.3 is 0 Å². The predicted molar refractivity (Wildman–Crippen MR) is 62.1 cm³/mol. The quantitative estimate of drug-likeness (QED) is 0.747. The number of carbonyl (C=O) groups excluding carboxylic acids is 1. The molecule has 0 aliphatic heterocycles. The molecule has 0 spiro atoms. The van der Waals surface area contributed by atoms with Crippen LogP contribution in [0.15, 0.2) is 24.3 Å². The molecule has 0 N–H and O–H groups in total. The van der Waals surface area contributed by atoms with Crippen molar-refractivity contribution in [2.75, 3.05) is 0 Å². The van der Waals surface area contributed by atoms with Gasteiger partial charge in [0, 0.05) is 17.4 Å². The predicted octanol–water partition coefficient (Wildman–Crippen LogP) is 3.64. The molecule has 1 fully saturated rings. The van der Waals surface area contributed by atoms with E-state index in [0.717, 1.165) is 36.3 Å². The van der Waals surface area contributed by atoms with Crippen molar-refractivity contribution in [3.63, 3.8) is 0 Å². The Morgan fingerprint density at radius 3 is 2.80 bits per heavy atom. The molecular weight excluding hydrogens is 208 g/mol. The van der Waals surface area contributed by atoms with E-state index in [9.17, 15) is 4.79 Å². The van der Waals surface area contributed by atoms with Gasteiger partial charge in [-0.3, -0.25) is 4.79 Å². The second kappa shape index (κ2) is 4.80. The van der Waals surface area contributed by atoms with E-state index in [1.54, 1.807) is 0 Å². The molecule has 0 heterocycles. The van der Waals surface area contributed by atoms with Crippen LogP contribution in [0.2, 0.25) is 5.02 Å². The number of benzene rings is 1. The van der Waals surface area contributed by atoms with E-state index in [-0.39, 0.29) is 5.92 Å². The average Bonchev–Trinajstić information content (AvgIpc) is 2.24. The van der Waals surface area contributed by atoms with Crippen LogP contribution in [0.5, 0.6) is 0 Å². The fraction of sp³-hybridized carbons (Fsp3) is 0.462. The maximum Gasteiger partial charge on any atom is 0.136 e. The van der Waals surface area contributed by atoms with Gasteiger partial charge >= 0.3 is 0 Å². The van der Waals surface area contributed by atoms with Crippen LogP contribution in [0.4, 0.5) is 0 Å². The number of carbonyl (C=O) groups is 1. The maximum atomic E-state index is 11.7. The first-order valence-corrected chi connectivity index (χ1v) is 5.91. The monoisotopic (exact) mass is 222 g/mol. The Kier molecular flexibility index (Phi) is 3.42. The number of halogens is 1. The number of ketones is 1.